The Morgan fingerprint density at radius 1 is 1.29 bits per heavy atom. The minimum atomic E-state index is -0.321. The van der Waals surface area contributed by atoms with E-state index in [2.05, 4.69) is 4.98 Å². The molecule has 2 rings (SSSR count). The first kappa shape index (κ1) is 11.4. The first-order valence-corrected chi connectivity index (χ1v) is 5.18. The van der Waals surface area contributed by atoms with Crippen LogP contribution >= 0.6 is 0 Å². The van der Waals surface area contributed by atoms with Gasteiger partial charge in [-0.3, -0.25) is 4.98 Å². The quantitative estimate of drug-likeness (QED) is 0.866. The highest BCUT2D eigenvalue weighted by molar-refractivity contribution is 5.71. The van der Waals surface area contributed by atoms with Gasteiger partial charge in [0.2, 0.25) is 0 Å². The topological polar surface area (TPSA) is 48.1 Å². The summed E-state index contributed by atoms with van der Waals surface area (Å²) in [6.07, 6.45) is 1.55. The molecule has 88 valence electrons. The van der Waals surface area contributed by atoms with Crippen LogP contribution in [-0.2, 0) is 0 Å². The molecule has 3 nitrogen and oxygen atoms in total. The maximum Gasteiger partial charge on any atom is 0.128 e. The van der Waals surface area contributed by atoms with Crippen molar-refractivity contribution in [2.45, 2.75) is 6.92 Å². The van der Waals surface area contributed by atoms with E-state index in [9.17, 15) is 4.39 Å². The highest BCUT2D eigenvalue weighted by Crippen LogP contribution is 2.31. The summed E-state index contributed by atoms with van der Waals surface area (Å²) in [5.41, 5.74) is 8.41. The lowest BCUT2D eigenvalue weighted by Crippen LogP contribution is -1.95. The van der Waals surface area contributed by atoms with Crippen LogP contribution in [0.15, 0.2) is 30.5 Å². The fourth-order valence-electron chi connectivity index (χ4n) is 1.74. The zero-order chi connectivity index (χ0) is 12.4. The molecule has 0 radical (unpaired) electrons. The van der Waals surface area contributed by atoms with Gasteiger partial charge in [-0.15, -0.1) is 0 Å². The van der Waals surface area contributed by atoms with E-state index in [1.165, 1.54) is 12.1 Å². The Kier molecular flexibility index (Phi) is 2.95. The molecule has 0 spiro atoms. The molecule has 0 aliphatic rings. The van der Waals surface area contributed by atoms with E-state index in [0.29, 0.717) is 22.7 Å². The van der Waals surface area contributed by atoms with Gasteiger partial charge in [0.25, 0.3) is 0 Å². The second-order valence-corrected chi connectivity index (χ2v) is 3.78. The number of aryl methyl sites for hydroxylation is 1. The fourth-order valence-corrected chi connectivity index (χ4v) is 1.74. The summed E-state index contributed by atoms with van der Waals surface area (Å²) in [6.45, 7) is 1.88. The Balaban J connectivity index is 2.62. The van der Waals surface area contributed by atoms with Crippen molar-refractivity contribution in [3.05, 3.63) is 41.8 Å². The van der Waals surface area contributed by atoms with Crippen LogP contribution in [0.4, 0.5) is 10.1 Å². The number of hydrogen-bond acceptors (Lipinski definition) is 3. The van der Waals surface area contributed by atoms with Crippen LogP contribution in [0.5, 0.6) is 5.75 Å². The predicted molar refractivity (Wildman–Crippen MR) is 65.3 cm³/mol. The second-order valence-electron chi connectivity index (χ2n) is 3.78. The van der Waals surface area contributed by atoms with E-state index in [4.69, 9.17) is 10.5 Å². The lowest BCUT2D eigenvalue weighted by Gasteiger charge is -2.10. The summed E-state index contributed by atoms with van der Waals surface area (Å²) in [6, 6.07) is 6.15. The van der Waals surface area contributed by atoms with Crippen molar-refractivity contribution in [3.8, 4) is 17.0 Å². The Labute approximate surface area is 99.1 Å². The van der Waals surface area contributed by atoms with Crippen LogP contribution in [-0.4, -0.2) is 12.1 Å². The smallest absolute Gasteiger partial charge is 0.128 e. The Morgan fingerprint density at radius 2 is 2.06 bits per heavy atom. The number of aromatic nitrogens is 1. The maximum absolute atomic E-state index is 13.3. The van der Waals surface area contributed by atoms with Crippen molar-refractivity contribution in [1.29, 1.82) is 0 Å². The summed E-state index contributed by atoms with van der Waals surface area (Å²) < 4.78 is 18.5. The summed E-state index contributed by atoms with van der Waals surface area (Å²) in [5, 5.41) is 0. The number of nitrogens with zero attached hydrogens (tertiary/aromatic N) is 1. The molecular formula is C13H13FN2O. The van der Waals surface area contributed by atoms with Crippen LogP contribution in [0.1, 0.15) is 5.56 Å². The maximum atomic E-state index is 13.3. The molecule has 0 saturated carbocycles. The van der Waals surface area contributed by atoms with E-state index in [1.54, 1.807) is 25.4 Å². The van der Waals surface area contributed by atoms with Gasteiger partial charge < -0.3 is 10.5 Å². The molecular weight excluding hydrogens is 219 g/mol. The van der Waals surface area contributed by atoms with Gasteiger partial charge in [-0.25, -0.2) is 4.39 Å². The molecule has 2 N–H and O–H groups in total. The van der Waals surface area contributed by atoms with Crippen LogP contribution in [0.25, 0.3) is 11.3 Å². The summed E-state index contributed by atoms with van der Waals surface area (Å²) in [4.78, 5) is 4.23. The summed E-state index contributed by atoms with van der Waals surface area (Å²) in [7, 11) is 1.55. The number of ether oxygens (including phenoxy) is 1. The zero-order valence-corrected chi connectivity index (χ0v) is 9.70. The van der Waals surface area contributed by atoms with Crippen molar-refractivity contribution >= 4 is 5.69 Å². The van der Waals surface area contributed by atoms with E-state index in [1.807, 2.05) is 6.92 Å². The fraction of sp³-hybridized carbons (Fsp3) is 0.154. The Bertz CT molecular complexity index is 555. The summed E-state index contributed by atoms with van der Waals surface area (Å²) in [5.74, 6) is 0.269. The highest BCUT2D eigenvalue weighted by atomic mass is 19.1. The monoisotopic (exact) mass is 232 g/mol. The van der Waals surface area contributed by atoms with Gasteiger partial charge in [0, 0.05) is 5.56 Å². The molecule has 0 unspecified atom stereocenters. The molecule has 1 aromatic carbocycles. The molecule has 0 bridgehead atoms. The summed E-state index contributed by atoms with van der Waals surface area (Å²) >= 11 is 0. The van der Waals surface area contributed by atoms with Crippen molar-refractivity contribution < 1.29 is 9.13 Å². The highest BCUT2D eigenvalue weighted by Gasteiger charge is 2.11. The molecule has 0 atom stereocenters. The molecule has 0 fully saturated rings. The largest absolute Gasteiger partial charge is 0.496 e. The third-order valence-corrected chi connectivity index (χ3v) is 2.52. The van der Waals surface area contributed by atoms with Gasteiger partial charge in [-0.1, -0.05) is 0 Å². The molecule has 2 aromatic rings. The van der Waals surface area contributed by atoms with Crippen molar-refractivity contribution in [2.75, 3.05) is 12.8 Å². The lowest BCUT2D eigenvalue weighted by molar-refractivity contribution is 0.415. The molecule has 0 amide bonds. The second kappa shape index (κ2) is 4.41. The predicted octanol–water partition coefficient (Wildman–Crippen LogP) is 2.79. The van der Waals surface area contributed by atoms with E-state index in [0.717, 1.165) is 5.56 Å². The number of benzene rings is 1. The standard InChI is InChI=1S/C13H13FN2O/c1-8-5-10(15)7-16-13(8)11-6-9(14)3-4-12(11)17-2/h3-7H,15H2,1-2H3. The molecule has 0 aliphatic heterocycles. The number of pyridine rings is 1. The van der Waals surface area contributed by atoms with Gasteiger partial charge in [-0.2, -0.15) is 0 Å². The number of methoxy groups -OCH3 is 1. The molecule has 1 aromatic heterocycles. The van der Waals surface area contributed by atoms with E-state index >= 15 is 0 Å². The van der Waals surface area contributed by atoms with Crippen molar-refractivity contribution in [2.24, 2.45) is 0 Å². The average Bonchev–Trinajstić information content (AvgIpc) is 2.29. The van der Waals surface area contributed by atoms with Gasteiger partial charge in [0.1, 0.15) is 11.6 Å². The van der Waals surface area contributed by atoms with E-state index in [-0.39, 0.29) is 5.82 Å². The zero-order valence-electron chi connectivity index (χ0n) is 9.70. The average molecular weight is 232 g/mol. The number of nitrogen functional groups attached to an aromatic ring is 1. The number of halogens is 1. The number of anilines is 1. The SMILES string of the molecule is COc1ccc(F)cc1-c1ncc(N)cc1C. The Hall–Kier alpha value is -2.10. The first-order valence-electron chi connectivity index (χ1n) is 5.18. The van der Waals surface area contributed by atoms with Crippen molar-refractivity contribution in [3.63, 3.8) is 0 Å². The molecule has 0 saturated heterocycles. The van der Waals surface area contributed by atoms with Gasteiger partial charge in [-0.05, 0) is 36.8 Å². The minimum absolute atomic E-state index is 0.321. The Morgan fingerprint density at radius 3 is 2.71 bits per heavy atom. The van der Waals surface area contributed by atoms with E-state index < -0.39 is 0 Å². The first-order chi connectivity index (χ1) is 8.11. The third-order valence-electron chi connectivity index (χ3n) is 2.52. The normalized spacial score (nSPS) is 10.3. The number of hydrogen-bond donors (Lipinski definition) is 1. The number of nitrogens with two attached hydrogens (primary N) is 1. The van der Waals surface area contributed by atoms with Gasteiger partial charge in [0.15, 0.2) is 0 Å². The minimum Gasteiger partial charge on any atom is -0.496 e. The van der Waals surface area contributed by atoms with Crippen molar-refractivity contribution in [1.82, 2.24) is 4.98 Å². The van der Waals surface area contributed by atoms with Gasteiger partial charge >= 0.3 is 0 Å². The molecule has 1 heterocycles. The van der Waals surface area contributed by atoms with Gasteiger partial charge in [0.05, 0.1) is 24.7 Å². The number of rotatable bonds is 2. The lowest BCUT2D eigenvalue weighted by atomic mass is 10.1. The molecule has 0 aliphatic carbocycles. The van der Waals surface area contributed by atoms with Crippen LogP contribution in [0, 0.1) is 12.7 Å². The third kappa shape index (κ3) is 2.20. The van der Waals surface area contributed by atoms with Crippen LogP contribution < -0.4 is 10.5 Å². The molecule has 4 heteroatoms. The van der Waals surface area contributed by atoms with Crippen LogP contribution in [0.3, 0.4) is 0 Å². The molecule has 17 heavy (non-hydrogen) atoms. The van der Waals surface area contributed by atoms with Crippen LogP contribution in [0.2, 0.25) is 0 Å².